The predicted octanol–water partition coefficient (Wildman–Crippen LogP) is 3.64. The number of rotatable bonds is 5. The summed E-state index contributed by atoms with van der Waals surface area (Å²) in [5.41, 5.74) is 1.97. The maximum Gasteiger partial charge on any atom is 0.247 e. The third-order valence-electron chi connectivity index (χ3n) is 3.30. The Morgan fingerprint density at radius 1 is 1.18 bits per heavy atom. The van der Waals surface area contributed by atoms with Crippen molar-refractivity contribution < 1.29 is 4.42 Å². The Morgan fingerprint density at radius 2 is 2.00 bits per heavy atom. The lowest BCUT2D eigenvalue weighted by atomic mass is 10.1. The zero-order chi connectivity index (χ0) is 15.4. The van der Waals surface area contributed by atoms with Gasteiger partial charge in [0, 0.05) is 29.0 Å². The van der Waals surface area contributed by atoms with Crippen LogP contribution in [0.5, 0.6) is 0 Å². The first-order chi connectivity index (χ1) is 10.7. The van der Waals surface area contributed by atoms with Crippen LogP contribution in [0.1, 0.15) is 24.4 Å². The van der Waals surface area contributed by atoms with Crippen molar-refractivity contribution in [3.05, 3.63) is 65.3 Å². The Bertz CT molecular complexity index is 745. The maximum atomic E-state index is 5.96. The standard InChI is InChI=1S/C16H15ClN4O/c1-11(12-5-7-18-8-6-12)19-10-15-20-21-16(22-15)13-3-2-4-14(17)9-13/h2-9,11,19H,10H2,1H3/t11-/m0/s1. The average molecular weight is 315 g/mol. The SMILES string of the molecule is C[C@H](NCc1nnc(-c2cccc(Cl)c2)o1)c1ccncc1. The third kappa shape index (κ3) is 3.50. The molecule has 2 heterocycles. The van der Waals surface area contributed by atoms with E-state index < -0.39 is 0 Å². The lowest BCUT2D eigenvalue weighted by Gasteiger charge is -2.11. The number of hydrogen-bond acceptors (Lipinski definition) is 5. The van der Waals surface area contributed by atoms with Crippen LogP contribution in [0.15, 0.2) is 53.2 Å². The van der Waals surface area contributed by atoms with Gasteiger partial charge in [0.2, 0.25) is 11.8 Å². The number of nitrogens with one attached hydrogen (secondary N) is 1. The highest BCUT2D eigenvalue weighted by molar-refractivity contribution is 6.30. The van der Waals surface area contributed by atoms with Gasteiger partial charge >= 0.3 is 0 Å². The van der Waals surface area contributed by atoms with Gasteiger partial charge in [0.15, 0.2) is 0 Å². The largest absolute Gasteiger partial charge is 0.419 e. The molecule has 0 bridgehead atoms. The summed E-state index contributed by atoms with van der Waals surface area (Å²) in [5.74, 6) is 1.01. The molecule has 1 N–H and O–H groups in total. The Morgan fingerprint density at radius 3 is 2.77 bits per heavy atom. The van der Waals surface area contributed by atoms with Crippen molar-refractivity contribution in [3.8, 4) is 11.5 Å². The van der Waals surface area contributed by atoms with Crippen molar-refractivity contribution in [2.24, 2.45) is 0 Å². The summed E-state index contributed by atoms with van der Waals surface area (Å²) in [6, 6.07) is 11.5. The topological polar surface area (TPSA) is 63.8 Å². The first-order valence-corrected chi connectivity index (χ1v) is 7.32. The van der Waals surface area contributed by atoms with E-state index in [1.807, 2.05) is 24.3 Å². The monoisotopic (exact) mass is 314 g/mol. The zero-order valence-electron chi connectivity index (χ0n) is 12.0. The molecule has 0 saturated heterocycles. The summed E-state index contributed by atoms with van der Waals surface area (Å²) < 4.78 is 5.66. The van der Waals surface area contributed by atoms with E-state index in [9.17, 15) is 0 Å². The van der Waals surface area contributed by atoms with E-state index >= 15 is 0 Å². The second kappa shape index (κ2) is 6.68. The Balaban J connectivity index is 1.65. The number of hydrogen-bond donors (Lipinski definition) is 1. The number of nitrogens with zero attached hydrogens (tertiary/aromatic N) is 3. The van der Waals surface area contributed by atoms with E-state index in [0.29, 0.717) is 23.3 Å². The zero-order valence-corrected chi connectivity index (χ0v) is 12.8. The summed E-state index contributed by atoms with van der Waals surface area (Å²) in [7, 11) is 0. The highest BCUT2D eigenvalue weighted by Crippen LogP contribution is 2.21. The van der Waals surface area contributed by atoms with Gasteiger partial charge in [0.05, 0.1) is 6.54 Å². The molecular weight excluding hydrogens is 300 g/mol. The van der Waals surface area contributed by atoms with Gasteiger partial charge in [-0.2, -0.15) is 0 Å². The van der Waals surface area contributed by atoms with Crippen LogP contribution >= 0.6 is 11.6 Å². The minimum absolute atomic E-state index is 0.171. The van der Waals surface area contributed by atoms with E-state index in [4.69, 9.17) is 16.0 Å². The van der Waals surface area contributed by atoms with Gasteiger partial charge in [-0.1, -0.05) is 17.7 Å². The molecule has 3 rings (SSSR count). The summed E-state index contributed by atoms with van der Waals surface area (Å²) in [4.78, 5) is 4.01. The average Bonchev–Trinajstić information content (AvgIpc) is 3.02. The van der Waals surface area contributed by atoms with Crippen LogP contribution in [0.4, 0.5) is 0 Å². The number of aromatic nitrogens is 3. The summed E-state index contributed by atoms with van der Waals surface area (Å²) in [5, 5.41) is 12.1. The van der Waals surface area contributed by atoms with Crippen molar-refractivity contribution in [2.45, 2.75) is 19.5 Å². The van der Waals surface area contributed by atoms with Crippen LogP contribution < -0.4 is 5.32 Å². The van der Waals surface area contributed by atoms with E-state index in [2.05, 4.69) is 27.4 Å². The molecule has 0 fully saturated rings. The predicted molar refractivity (Wildman–Crippen MR) is 84.2 cm³/mol. The third-order valence-corrected chi connectivity index (χ3v) is 3.54. The van der Waals surface area contributed by atoms with Crippen LogP contribution in [0.2, 0.25) is 5.02 Å². The van der Waals surface area contributed by atoms with E-state index in [-0.39, 0.29) is 6.04 Å². The normalized spacial score (nSPS) is 12.3. The molecule has 22 heavy (non-hydrogen) atoms. The van der Waals surface area contributed by atoms with Crippen LogP contribution in [-0.4, -0.2) is 15.2 Å². The first-order valence-electron chi connectivity index (χ1n) is 6.94. The molecule has 0 amide bonds. The molecule has 0 aliphatic heterocycles. The summed E-state index contributed by atoms with van der Waals surface area (Å²) in [6.45, 7) is 2.57. The van der Waals surface area contributed by atoms with E-state index in [0.717, 1.165) is 11.1 Å². The summed E-state index contributed by atoms with van der Waals surface area (Å²) in [6.07, 6.45) is 3.55. The fourth-order valence-corrected chi connectivity index (χ4v) is 2.26. The molecule has 0 aliphatic carbocycles. The van der Waals surface area contributed by atoms with Crippen molar-refractivity contribution in [3.63, 3.8) is 0 Å². The van der Waals surface area contributed by atoms with Crippen LogP contribution in [0.3, 0.4) is 0 Å². The quantitative estimate of drug-likeness (QED) is 0.779. The highest BCUT2D eigenvalue weighted by Gasteiger charge is 2.10. The number of pyridine rings is 1. The molecule has 0 unspecified atom stereocenters. The maximum absolute atomic E-state index is 5.96. The molecule has 5 nitrogen and oxygen atoms in total. The summed E-state index contributed by atoms with van der Waals surface area (Å²) >= 11 is 5.96. The van der Waals surface area contributed by atoms with Crippen molar-refractivity contribution in [2.75, 3.05) is 0 Å². The lowest BCUT2D eigenvalue weighted by Crippen LogP contribution is -2.18. The van der Waals surface area contributed by atoms with Crippen molar-refractivity contribution in [1.82, 2.24) is 20.5 Å². The van der Waals surface area contributed by atoms with Gasteiger partial charge in [0.1, 0.15) is 0 Å². The smallest absolute Gasteiger partial charge is 0.247 e. The van der Waals surface area contributed by atoms with Crippen LogP contribution in [0.25, 0.3) is 11.5 Å². The van der Waals surface area contributed by atoms with Crippen LogP contribution in [-0.2, 0) is 6.54 Å². The minimum atomic E-state index is 0.171. The number of halogens is 1. The molecule has 1 aromatic carbocycles. The molecule has 2 aromatic heterocycles. The van der Waals surface area contributed by atoms with Crippen molar-refractivity contribution in [1.29, 1.82) is 0 Å². The van der Waals surface area contributed by atoms with E-state index in [1.54, 1.807) is 24.5 Å². The minimum Gasteiger partial charge on any atom is -0.419 e. The second-order valence-electron chi connectivity index (χ2n) is 4.89. The van der Waals surface area contributed by atoms with Gasteiger partial charge in [0.25, 0.3) is 0 Å². The molecule has 0 aliphatic rings. The molecule has 0 saturated carbocycles. The fourth-order valence-electron chi connectivity index (χ4n) is 2.07. The molecule has 0 radical (unpaired) electrons. The molecule has 112 valence electrons. The Labute approximate surface area is 133 Å². The number of benzene rings is 1. The Hall–Kier alpha value is -2.24. The van der Waals surface area contributed by atoms with Gasteiger partial charge in [-0.25, -0.2) is 0 Å². The van der Waals surface area contributed by atoms with Crippen LogP contribution in [0, 0.1) is 0 Å². The van der Waals surface area contributed by atoms with E-state index in [1.165, 1.54) is 0 Å². The molecule has 6 heteroatoms. The molecule has 1 atom stereocenters. The molecular formula is C16H15ClN4O. The molecule has 0 spiro atoms. The second-order valence-corrected chi connectivity index (χ2v) is 5.33. The lowest BCUT2D eigenvalue weighted by molar-refractivity contribution is 0.454. The highest BCUT2D eigenvalue weighted by atomic mass is 35.5. The first kappa shape index (κ1) is 14.7. The van der Waals surface area contributed by atoms with Gasteiger partial charge in [-0.15, -0.1) is 10.2 Å². The van der Waals surface area contributed by atoms with Gasteiger partial charge in [-0.05, 0) is 42.8 Å². The van der Waals surface area contributed by atoms with Gasteiger partial charge < -0.3 is 9.73 Å². The fraction of sp³-hybridized carbons (Fsp3) is 0.188. The van der Waals surface area contributed by atoms with Gasteiger partial charge in [-0.3, -0.25) is 4.98 Å². The van der Waals surface area contributed by atoms with Crippen molar-refractivity contribution >= 4 is 11.6 Å². The molecule has 3 aromatic rings. The Kier molecular flexibility index (Phi) is 4.46.